The number of thiophene rings is 1. The predicted molar refractivity (Wildman–Crippen MR) is 87.2 cm³/mol. The summed E-state index contributed by atoms with van der Waals surface area (Å²) in [5, 5.41) is 9.56. The second-order valence-corrected chi connectivity index (χ2v) is 6.41. The summed E-state index contributed by atoms with van der Waals surface area (Å²) in [6.45, 7) is 2.14. The van der Waals surface area contributed by atoms with Crippen LogP contribution in [0.25, 0.3) is 10.2 Å². The highest BCUT2D eigenvalue weighted by atomic mass is 32.1. The van der Waals surface area contributed by atoms with E-state index in [1.807, 2.05) is 12.1 Å². The number of hydrogen-bond donors (Lipinski definition) is 1. The van der Waals surface area contributed by atoms with Crippen LogP contribution in [0.4, 0.5) is 0 Å². The molecular weight excluding hydrogens is 332 g/mol. The second kappa shape index (κ2) is 5.34. The number of fused-ring (bicyclic) bond motifs is 2. The predicted octanol–water partition coefficient (Wildman–Crippen LogP) is 2.24. The van der Waals surface area contributed by atoms with Gasteiger partial charge in [0.15, 0.2) is 11.5 Å². The van der Waals surface area contributed by atoms with Gasteiger partial charge >= 0.3 is 5.97 Å². The van der Waals surface area contributed by atoms with Gasteiger partial charge in [0.25, 0.3) is 5.56 Å². The largest absolute Gasteiger partial charge is 0.477 e. The lowest BCUT2D eigenvalue weighted by atomic mass is 10.2. The van der Waals surface area contributed by atoms with Crippen LogP contribution in [0, 0.1) is 6.92 Å². The minimum atomic E-state index is -1.04. The summed E-state index contributed by atoms with van der Waals surface area (Å²) in [7, 11) is 0. The third-order valence-electron chi connectivity index (χ3n) is 3.90. The number of benzene rings is 1. The molecule has 0 radical (unpaired) electrons. The zero-order valence-corrected chi connectivity index (χ0v) is 13.4. The standard InChI is InChI=1S/C16H12N2O5S/c1-8-12-14(24-13(8)16(20)21)17-6-18(15(12)19)5-9-2-3-10-11(4-9)23-7-22-10/h2-4,6H,5,7H2,1H3,(H,20,21). The third kappa shape index (κ3) is 2.23. The van der Waals surface area contributed by atoms with Gasteiger partial charge in [0, 0.05) is 0 Å². The number of aromatic nitrogens is 2. The van der Waals surface area contributed by atoms with Crippen LogP contribution < -0.4 is 15.0 Å². The van der Waals surface area contributed by atoms with Crippen LogP contribution in [0.2, 0.25) is 0 Å². The molecule has 1 aliphatic heterocycles. The molecule has 1 N–H and O–H groups in total. The molecule has 3 heterocycles. The molecule has 1 aromatic carbocycles. The molecule has 122 valence electrons. The van der Waals surface area contributed by atoms with Crippen molar-refractivity contribution >= 4 is 27.5 Å². The summed E-state index contributed by atoms with van der Waals surface area (Å²) in [6.07, 6.45) is 1.44. The molecule has 3 aromatic rings. The molecule has 0 unspecified atom stereocenters. The van der Waals surface area contributed by atoms with E-state index < -0.39 is 5.97 Å². The molecule has 1 aliphatic rings. The van der Waals surface area contributed by atoms with Crippen LogP contribution in [-0.2, 0) is 6.54 Å². The average Bonchev–Trinajstić information content (AvgIpc) is 3.14. The topological polar surface area (TPSA) is 90.7 Å². The Morgan fingerprint density at radius 1 is 1.38 bits per heavy atom. The minimum absolute atomic E-state index is 0.149. The number of carboxylic acid groups (broad SMARTS) is 1. The van der Waals surface area contributed by atoms with Gasteiger partial charge < -0.3 is 14.6 Å². The van der Waals surface area contributed by atoms with Crippen molar-refractivity contribution < 1.29 is 19.4 Å². The third-order valence-corrected chi connectivity index (χ3v) is 5.09. The summed E-state index contributed by atoms with van der Waals surface area (Å²) < 4.78 is 12.1. The van der Waals surface area contributed by atoms with E-state index in [0.29, 0.717) is 33.8 Å². The smallest absolute Gasteiger partial charge is 0.346 e. The van der Waals surface area contributed by atoms with E-state index in [-0.39, 0.29) is 17.2 Å². The molecule has 0 spiro atoms. The molecule has 0 atom stereocenters. The fourth-order valence-corrected chi connectivity index (χ4v) is 3.69. The zero-order valence-electron chi connectivity index (χ0n) is 12.6. The van der Waals surface area contributed by atoms with Crippen molar-refractivity contribution in [2.24, 2.45) is 0 Å². The van der Waals surface area contributed by atoms with Crippen LogP contribution in [0.3, 0.4) is 0 Å². The van der Waals surface area contributed by atoms with E-state index in [1.165, 1.54) is 10.9 Å². The fraction of sp³-hybridized carbons (Fsp3) is 0.188. The Morgan fingerprint density at radius 2 is 2.17 bits per heavy atom. The minimum Gasteiger partial charge on any atom is -0.477 e. The summed E-state index contributed by atoms with van der Waals surface area (Å²) in [5.74, 6) is 0.283. The van der Waals surface area contributed by atoms with Gasteiger partial charge in [0.2, 0.25) is 6.79 Å². The van der Waals surface area contributed by atoms with Gasteiger partial charge in [0.05, 0.1) is 18.3 Å². The normalized spacial score (nSPS) is 12.7. The SMILES string of the molecule is Cc1c(C(=O)O)sc2ncn(Cc3ccc4c(c3)OCO4)c(=O)c12. The van der Waals surface area contributed by atoms with E-state index in [0.717, 1.165) is 16.9 Å². The number of hydrogen-bond acceptors (Lipinski definition) is 6. The van der Waals surface area contributed by atoms with Crippen molar-refractivity contribution in [3.63, 3.8) is 0 Å². The number of carboxylic acids is 1. The second-order valence-electron chi connectivity index (χ2n) is 5.41. The first-order chi connectivity index (χ1) is 11.5. The molecule has 8 heteroatoms. The average molecular weight is 344 g/mol. The Labute approximate surface area is 139 Å². The molecule has 0 saturated heterocycles. The first-order valence-electron chi connectivity index (χ1n) is 7.15. The van der Waals surface area contributed by atoms with Crippen LogP contribution in [0.15, 0.2) is 29.3 Å². The van der Waals surface area contributed by atoms with Crippen molar-refractivity contribution in [2.75, 3.05) is 6.79 Å². The monoisotopic (exact) mass is 344 g/mol. The lowest BCUT2D eigenvalue weighted by Crippen LogP contribution is -2.21. The van der Waals surface area contributed by atoms with Gasteiger partial charge in [-0.2, -0.15) is 0 Å². The van der Waals surface area contributed by atoms with Crippen molar-refractivity contribution in [3.05, 3.63) is 50.9 Å². The Bertz CT molecular complexity index is 1040. The van der Waals surface area contributed by atoms with Gasteiger partial charge in [-0.1, -0.05) is 6.07 Å². The molecule has 0 saturated carbocycles. The lowest BCUT2D eigenvalue weighted by Gasteiger charge is -2.06. The van der Waals surface area contributed by atoms with Crippen LogP contribution in [-0.4, -0.2) is 27.4 Å². The van der Waals surface area contributed by atoms with Gasteiger partial charge in [0.1, 0.15) is 9.71 Å². The summed E-state index contributed by atoms with van der Waals surface area (Å²) in [4.78, 5) is 28.8. The Kier molecular flexibility index (Phi) is 3.27. The molecule has 0 fully saturated rings. The van der Waals surface area contributed by atoms with Crippen LogP contribution >= 0.6 is 11.3 Å². The Balaban J connectivity index is 1.77. The summed E-state index contributed by atoms with van der Waals surface area (Å²) in [5.41, 5.74) is 1.08. The summed E-state index contributed by atoms with van der Waals surface area (Å²) >= 11 is 1.02. The van der Waals surface area contributed by atoms with Gasteiger partial charge in [-0.25, -0.2) is 9.78 Å². The fourth-order valence-electron chi connectivity index (χ4n) is 2.71. The molecule has 0 bridgehead atoms. The maximum absolute atomic E-state index is 12.7. The van der Waals surface area contributed by atoms with Crippen molar-refractivity contribution in [2.45, 2.75) is 13.5 Å². The number of ether oxygens (including phenoxy) is 2. The van der Waals surface area contributed by atoms with Gasteiger partial charge in [-0.3, -0.25) is 9.36 Å². The number of nitrogens with zero attached hydrogens (tertiary/aromatic N) is 2. The van der Waals surface area contributed by atoms with Crippen LogP contribution in [0.1, 0.15) is 20.8 Å². The van der Waals surface area contributed by atoms with Gasteiger partial charge in [-0.05, 0) is 30.2 Å². The lowest BCUT2D eigenvalue weighted by molar-refractivity contribution is 0.0701. The van der Waals surface area contributed by atoms with Crippen molar-refractivity contribution in [1.82, 2.24) is 9.55 Å². The number of carbonyl (C=O) groups is 1. The number of aromatic carboxylic acids is 1. The molecule has 0 amide bonds. The highest BCUT2D eigenvalue weighted by molar-refractivity contribution is 7.20. The molecule has 24 heavy (non-hydrogen) atoms. The maximum atomic E-state index is 12.7. The molecule has 7 nitrogen and oxygen atoms in total. The van der Waals surface area contributed by atoms with E-state index in [9.17, 15) is 14.7 Å². The molecule has 4 rings (SSSR count). The Hall–Kier alpha value is -2.87. The van der Waals surface area contributed by atoms with Crippen molar-refractivity contribution in [3.8, 4) is 11.5 Å². The highest BCUT2D eigenvalue weighted by Crippen LogP contribution is 2.32. The first-order valence-corrected chi connectivity index (χ1v) is 7.96. The maximum Gasteiger partial charge on any atom is 0.346 e. The number of rotatable bonds is 3. The quantitative estimate of drug-likeness (QED) is 0.784. The van der Waals surface area contributed by atoms with E-state index >= 15 is 0 Å². The van der Waals surface area contributed by atoms with E-state index in [4.69, 9.17) is 9.47 Å². The Morgan fingerprint density at radius 3 is 2.96 bits per heavy atom. The highest BCUT2D eigenvalue weighted by Gasteiger charge is 2.19. The molecule has 2 aromatic heterocycles. The van der Waals surface area contributed by atoms with E-state index in [1.54, 1.807) is 13.0 Å². The number of aryl methyl sites for hydroxylation is 1. The first kappa shape index (κ1) is 14.7. The summed E-state index contributed by atoms with van der Waals surface area (Å²) in [6, 6.07) is 5.47. The van der Waals surface area contributed by atoms with E-state index in [2.05, 4.69) is 4.98 Å². The van der Waals surface area contributed by atoms with Crippen LogP contribution in [0.5, 0.6) is 11.5 Å². The van der Waals surface area contributed by atoms with Crippen molar-refractivity contribution in [1.29, 1.82) is 0 Å². The molecular formula is C16H12N2O5S. The molecule has 0 aliphatic carbocycles. The zero-order chi connectivity index (χ0) is 16.8. The van der Waals surface area contributed by atoms with Gasteiger partial charge in [-0.15, -0.1) is 11.3 Å².